The van der Waals surface area contributed by atoms with Gasteiger partial charge in [-0.05, 0) is 25.7 Å². The summed E-state index contributed by atoms with van der Waals surface area (Å²) >= 11 is 0. The van der Waals surface area contributed by atoms with Gasteiger partial charge in [-0.25, -0.2) is 9.97 Å². The van der Waals surface area contributed by atoms with Crippen molar-refractivity contribution in [3.8, 4) is 0 Å². The maximum atomic E-state index is 10.0. The number of aliphatic hydroxyl groups excluding tert-OH is 2. The van der Waals surface area contributed by atoms with Crippen LogP contribution in [0.15, 0.2) is 12.4 Å². The van der Waals surface area contributed by atoms with Gasteiger partial charge in [-0.1, -0.05) is 12.8 Å². The van der Waals surface area contributed by atoms with Crippen molar-refractivity contribution in [3.63, 3.8) is 0 Å². The van der Waals surface area contributed by atoms with Gasteiger partial charge in [0.15, 0.2) is 0 Å². The molecule has 2 aliphatic carbocycles. The predicted molar refractivity (Wildman–Crippen MR) is 95.3 cm³/mol. The van der Waals surface area contributed by atoms with E-state index in [1.165, 1.54) is 0 Å². The van der Waals surface area contributed by atoms with Crippen molar-refractivity contribution in [1.82, 2.24) is 9.97 Å². The van der Waals surface area contributed by atoms with E-state index in [1.807, 2.05) is 20.2 Å². The van der Waals surface area contributed by atoms with Gasteiger partial charge in [0.2, 0.25) is 0 Å². The molecule has 4 atom stereocenters. The number of anilines is 2. The van der Waals surface area contributed by atoms with Gasteiger partial charge in [-0.15, -0.1) is 0 Å². The minimum absolute atomic E-state index is 0.180. The Hall–Kier alpha value is -1.40. The molecule has 2 fully saturated rings. The van der Waals surface area contributed by atoms with E-state index in [0.717, 1.165) is 63.3 Å². The summed E-state index contributed by atoms with van der Waals surface area (Å²) in [6.07, 6.45) is 7.47. The molecule has 1 aromatic rings. The molecular weight excluding hydrogens is 304 g/mol. The van der Waals surface area contributed by atoms with Gasteiger partial charge in [-0.2, -0.15) is 0 Å². The Bertz CT molecular complexity index is 498. The van der Waals surface area contributed by atoms with E-state index < -0.39 is 0 Å². The van der Waals surface area contributed by atoms with Crippen LogP contribution in [-0.2, 0) is 0 Å². The number of hydrogen-bond donors (Lipinski definition) is 2. The molecule has 2 saturated carbocycles. The van der Waals surface area contributed by atoms with Crippen LogP contribution in [0.1, 0.15) is 38.5 Å². The molecule has 0 aliphatic heterocycles. The third-order valence-corrected chi connectivity index (χ3v) is 5.68. The van der Waals surface area contributed by atoms with Gasteiger partial charge in [0.25, 0.3) is 0 Å². The molecule has 0 spiro atoms. The van der Waals surface area contributed by atoms with Crippen LogP contribution in [0.5, 0.6) is 0 Å². The summed E-state index contributed by atoms with van der Waals surface area (Å²) in [5.74, 6) is 2.44. The molecule has 3 rings (SSSR count). The Kier molecular flexibility index (Phi) is 5.56. The summed E-state index contributed by atoms with van der Waals surface area (Å²) in [4.78, 5) is 13.0. The first-order valence-corrected chi connectivity index (χ1v) is 9.15. The molecule has 6 heteroatoms. The van der Waals surface area contributed by atoms with Gasteiger partial charge in [0, 0.05) is 45.1 Å². The fourth-order valence-corrected chi connectivity index (χ4v) is 4.11. The summed E-state index contributed by atoms with van der Waals surface area (Å²) in [5, 5.41) is 20.0. The topological polar surface area (TPSA) is 72.7 Å². The second kappa shape index (κ2) is 7.66. The van der Waals surface area contributed by atoms with Crippen LogP contribution in [0.4, 0.5) is 11.6 Å². The molecule has 0 bridgehead atoms. The minimum Gasteiger partial charge on any atom is -0.393 e. The third kappa shape index (κ3) is 3.98. The third-order valence-electron chi connectivity index (χ3n) is 5.68. The molecule has 0 saturated heterocycles. The molecule has 2 aliphatic rings. The smallest absolute Gasteiger partial charge is 0.133 e. The monoisotopic (exact) mass is 334 g/mol. The second-order valence-electron chi connectivity index (χ2n) is 7.51. The molecule has 0 radical (unpaired) electrons. The van der Waals surface area contributed by atoms with Crippen molar-refractivity contribution in [1.29, 1.82) is 0 Å². The lowest BCUT2D eigenvalue weighted by Gasteiger charge is -2.27. The van der Waals surface area contributed by atoms with E-state index in [4.69, 9.17) is 0 Å². The van der Waals surface area contributed by atoms with Crippen LogP contribution in [-0.4, -0.2) is 59.6 Å². The van der Waals surface area contributed by atoms with Crippen molar-refractivity contribution in [2.24, 2.45) is 11.8 Å². The zero-order valence-corrected chi connectivity index (χ0v) is 14.8. The number of aliphatic hydroxyl groups is 2. The van der Waals surface area contributed by atoms with Crippen LogP contribution in [0.3, 0.4) is 0 Å². The standard InChI is InChI=1S/C18H30N4O2/c1-21(10-13-5-3-7-15(13)23)17-9-18(20-12-19-17)22(2)11-14-6-4-8-16(14)24/h9,12-16,23-24H,3-8,10-11H2,1-2H3/t13-,14+,15-,16-/m0/s1. The molecule has 1 aromatic heterocycles. The molecule has 0 amide bonds. The number of aromatic nitrogens is 2. The molecule has 0 unspecified atom stereocenters. The largest absolute Gasteiger partial charge is 0.393 e. The summed E-state index contributed by atoms with van der Waals surface area (Å²) in [6, 6.07) is 2.00. The predicted octanol–water partition coefficient (Wildman–Crippen LogP) is 1.67. The Labute approximate surface area is 144 Å². The highest BCUT2D eigenvalue weighted by molar-refractivity contribution is 5.49. The summed E-state index contributed by atoms with van der Waals surface area (Å²) in [5.41, 5.74) is 0. The molecular formula is C18H30N4O2. The summed E-state index contributed by atoms with van der Waals surface area (Å²) in [6.45, 7) is 1.64. The van der Waals surface area contributed by atoms with Gasteiger partial charge in [-0.3, -0.25) is 0 Å². The Balaban J connectivity index is 1.62. The van der Waals surface area contributed by atoms with Crippen molar-refractivity contribution in [2.75, 3.05) is 37.0 Å². The maximum absolute atomic E-state index is 10.0. The van der Waals surface area contributed by atoms with Crippen molar-refractivity contribution in [2.45, 2.75) is 50.7 Å². The summed E-state index contributed by atoms with van der Waals surface area (Å²) < 4.78 is 0. The molecule has 24 heavy (non-hydrogen) atoms. The maximum Gasteiger partial charge on any atom is 0.133 e. The van der Waals surface area contributed by atoms with E-state index in [-0.39, 0.29) is 12.2 Å². The first kappa shape index (κ1) is 17.4. The van der Waals surface area contributed by atoms with Gasteiger partial charge in [0.05, 0.1) is 12.2 Å². The zero-order chi connectivity index (χ0) is 17.1. The highest BCUT2D eigenvalue weighted by Gasteiger charge is 2.28. The van der Waals surface area contributed by atoms with Crippen LogP contribution in [0, 0.1) is 11.8 Å². The Morgan fingerprint density at radius 1 is 0.875 bits per heavy atom. The van der Waals surface area contributed by atoms with E-state index >= 15 is 0 Å². The fourth-order valence-electron chi connectivity index (χ4n) is 4.11. The molecule has 2 N–H and O–H groups in total. The quantitative estimate of drug-likeness (QED) is 0.824. The van der Waals surface area contributed by atoms with Gasteiger partial charge < -0.3 is 20.0 Å². The van der Waals surface area contributed by atoms with Crippen molar-refractivity contribution < 1.29 is 10.2 Å². The summed E-state index contributed by atoms with van der Waals surface area (Å²) in [7, 11) is 4.05. The van der Waals surface area contributed by atoms with Crippen LogP contribution >= 0.6 is 0 Å². The first-order chi connectivity index (χ1) is 11.5. The molecule has 1 heterocycles. The van der Waals surface area contributed by atoms with Crippen LogP contribution in [0.25, 0.3) is 0 Å². The van der Waals surface area contributed by atoms with E-state index in [1.54, 1.807) is 6.33 Å². The fraction of sp³-hybridized carbons (Fsp3) is 0.778. The van der Waals surface area contributed by atoms with E-state index in [2.05, 4.69) is 19.8 Å². The lowest BCUT2D eigenvalue weighted by Crippen LogP contribution is -2.32. The SMILES string of the molecule is CN(C[C@H]1CCC[C@@H]1O)c1cc(N(C)C[C@@H]2CCC[C@@H]2O)ncn1. The lowest BCUT2D eigenvalue weighted by molar-refractivity contribution is 0.135. The van der Waals surface area contributed by atoms with Gasteiger partial charge >= 0.3 is 0 Å². The van der Waals surface area contributed by atoms with Crippen molar-refractivity contribution in [3.05, 3.63) is 12.4 Å². The average Bonchev–Trinajstić information content (AvgIpc) is 3.16. The van der Waals surface area contributed by atoms with E-state index in [9.17, 15) is 10.2 Å². The molecule has 0 aromatic carbocycles. The highest BCUT2D eigenvalue weighted by atomic mass is 16.3. The van der Waals surface area contributed by atoms with Crippen LogP contribution in [0.2, 0.25) is 0 Å². The number of nitrogens with zero attached hydrogens (tertiary/aromatic N) is 4. The number of hydrogen-bond acceptors (Lipinski definition) is 6. The normalized spacial score (nSPS) is 29.8. The minimum atomic E-state index is -0.180. The van der Waals surface area contributed by atoms with E-state index in [0.29, 0.717) is 11.8 Å². The van der Waals surface area contributed by atoms with Crippen molar-refractivity contribution >= 4 is 11.6 Å². The average molecular weight is 334 g/mol. The highest BCUT2D eigenvalue weighted by Crippen LogP contribution is 2.29. The van der Waals surface area contributed by atoms with Crippen LogP contribution < -0.4 is 9.80 Å². The molecule has 6 nitrogen and oxygen atoms in total. The Morgan fingerprint density at radius 2 is 1.33 bits per heavy atom. The number of rotatable bonds is 6. The molecule has 134 valence electrons. The second-order valence-corrected chi connectivity index (χ2v) is 7.51. The van der Waals surface area contributed by atoms with Gasteiger partial charge in [0.1, 0.15) is 18.0 Å². The Morgan fingerprint density at radius 3 is 1.71 bits per heavy atom. The lowest BCUT2D eigenvalue weighted by atomic mass is 10.1. The first-order valence-electron chi connectivity index (χ1n) is 9.15. The zero-order valence-electron chi connectivity index (χ0n) is 14.8.